The van der Waals surface area contributed by atoms with E-state index < -0.39 is 0 Å². The van der Waals surface area contributed by atoms with Crippen molar-refractivity contribution in [3.05, 3.63) is 36.9 Å². The van der Waals surface area contributed by atoms with E-state index in [0.717, 1.165) is 37.1 Å². The summed E-state index contributed by atoms with van der Waals surface area (Å²) in [5.74, 6) is 0.555. The molecule has 0 saturated carbocycles. The van der Waals surface area contributed by atoms with Gasteiger partial charge in [0.25, 0.3) is 0 Å². The predicted molar refractivity (Wildman–Crippen MR) is 74.2 cm³/mol. The first-order valence-electron chi connectivity index (χ1n) is 6.31. The summed E-state index contributed by atoms with van der Waals surface area (Å²) >= 11 is 0. The SMILES string of the molecule is Nc1n[nH]cc1-c1cccc(N2CC[CH]CC2)c1. The number of benzene rings is 1. The third-order valence-corrected chi connectivity index (χ3v) is 3.40. The Kier molecular flexibility index (Phi) is 2.92. The first-order chi connectivity index (χ1) is 8.84. The first-order valence-corrected chi connectivity index (χ1v) is 6.31. The van der Waals surface area contributed by atoms with Gasteiger partial charge in [0, 0.05) is 30.5 Å². The predicted octanol–water partition coefficient (Wildman–Crippen LogP) is 2.46. The summed E-state index contributed by atoms with van der Waals surface area (Å²) in [4.78, 5) is 2.42. The van der Waals surface area contributed by atoms with Crippen LogP contribution in [-0.2, 0) is 0 Å². The Morgan fingerprint density at radius 3 is 2.78 bits per heavy atom. The normalized spacial score (nSPS) is 15.9. The molecule has 4 nitrogen and oxygen atoms in total. The summed E-state index contributed by atoms with van der Waals surface area (Å²) in [6.07, 6.45) is 6.53. The van der Waals surface area contributed by atoms with Crippen LogP contribution in [0.3, 0.4) is 0 Å². The van der Waals surface area contributed by atoms with E-state index in [9.17, 15) is 0 Å². The molecule has 3 rings (SSSR count). The van der Waals surface area contributed by atoms with Crippen molar-refractivity contribution in [3.8, 4) is 11.1 Å². The molecule has 0 unspecified atom stereocenters. The van der Waals surface area contributed by atoms with Gasteiger partial charge in [-0.2, -0.15) is 5.10 Å². The summed E-state index contributed by atoms with van der Waals surface area (Å²) in [6, 6.07) is 8.49. The Morgan fingerprint density at radius 1 is 1.22 bits per heavy atom. The van der Waals surface area contributed by atoms with E-state index in [0.29, 0.717) is 5.82 Å². The van der Waals surface area contributed by atoms with Gasteiger partial charge < -0.3 is 10.6 Å². The van der Waals surface area contributed by atoms with Crippen LogP contribution in [0, 0.1) is 6.42 Å². The molecule has 1 aliphatic heterocycles. The van der Waals surface area contributed by atoms with Crippen LogP contribution < -0.4 is 10.6 Å². The molecule has 0 bridgehead atoms. The van der Waals surface area contributed by atoms with Gasteiger partial charge in [-0.05, 0) is 37.0 Å². The molecule has 93 valence electrons. The van der Waals surface area contributed by atoms with Crippen LogP contribution in [-0.4, -0.2) is 23.3 Å². The highest BCUT2D eigenvalue weighted by Gasteiger charge is 2.12. The van der Waals surface area contributed by atoms with E-state index in [1.54, 1.807) is 0 Å². The van der Waals surface area contributed by atoms with Crippen LogP contribution in [0.4, 0.5) is 11.5 Å². The number of nitrogens with two attached hydrogens (primary N) is 1. The Labute approximate surface area is 107 Å². The van der Waals surface area contributed by atoms with Crippen molar-refractivity contribution in [3.63, 3.8) is 0 Å². The van der Waals surface area contributed by atoms with Crippen molar-refractivity contribution >= 4 is 11.5 Å². The second-order valence-electron chi connectivity index (χ2n) is 4.59. The standard InChI is InChI=1S/C14H17N4/c15-14-13(10-16-17-14)11-5-4-6-12(9-11)18-7-2-1-3-8-18/h1,4-6,9-10H,2-3,7-8H2,(H3,15,16,17). The molecule has 1 aromatic carbocycles. The number of nitrogens with one attached hydrogen (secondary N) is 1. The molecule has 0 amide bonds. The number of rotatable bonds is 2. The number of anilines is 2. The lowest BCUT2D eigenvalue weighted by atomic mass is 10.1. The number of hydrogen-bond donors (Lipinski definition) is 2. The highest BCUT2D eigenvalue weighted by Crippen LogP contribution is 2.28. The molecular formula is C14H17N4. The quantitative estimate of drug-likeness (QED) is 0.849. The Hall–Kier alpha value is -1.97. The second kappa shape index (κ2) is 4.72. The van der Waals surface area contributed by atoms with Gasteiger partial charge >= 0.3 is 0 Å². The number of aromatic nitrogens is 2. The van der Waals surface area contributed by atoms with E-state index in [2.05, 4.69) is 45.8 Å². The van der Waals surface area contributed by atoms with Gasteiger partial charge in [-0.1, -0.05) is 12.1 Å². The minimum Gasteiger partial charge on any atom is -0.382 e. The van der Waals surface area contributed by atoms with Gasteiger partial charge in [0.05, 0.1) is 0 Å². The average Bonchev–Trinajstić information content (AvgIpc) is 2.86. The van der Waals surface area contributed by atoms with Crippen molar-refractivity contribution in [1.82, 2.24) is 10.2 Å². The van der Waals surface area contributed by atoms with E-state index in [1.165, 1.54) is 5.69 Å². The van der Waals surface area contributed by atoms with Crippen molar-refractivity contribution in [2.45, 2.75) is 12.8 Å². The largest absolute Gasteiger partial charge is 0.382 e. The topological polar surface area (TPSA) is 57.9 Å². The smallest absolute Gasteiger partial charge is 0.153 e. The number of aromatic amines is 1. The zero-order valence-corrected chi connectivity index (χ0v) is 10.3. The average molecular weight is 241 g/mol. The van der Waals surface area contributed by atoms with Gasteiger partial charge in [0.1, 0.15) is 0 Å². The number of nitrogens with zero attached hydrogens (tertiary/aromatic N) is 2. The summed E-state index contributed by atoms with van der Waals surface area (Å²) in [5, 5.41) is 6.77. The molecule has 1 saturated heterocycles. The highest BCUT2D eigenvalue weighted by atomic mass is 15.1. The third-order valence-electron chi connectivity index (χ3n) is 3.40. The number of hydrogen-bond acceptors (Lipinski definition) is 3. The van der Waals surface area contributed by atoms with Gasteiger partial charge in [-0.15, -0.1) is 0 Å². The van der Waals surface area contributed by atoms with E-state index >= 15 is 0 Å². The molecule has 1 aliphatic rings. The maximum atomic E-state index is 5.84. The zero-order chi connectivity index (χ0) is 12.4. The van der Waals surface area contributed by atoms with Crippen molar-refractivity contribution in [1.29, 1.82) is 0 Å². The minimum absolute atomic E-state index is 0.555. The van der Waals surface area contributed by atoms with Crippen LogP contribution in [0.5, 0.6) is 0 Å². The molecule has 18 heavy (non-hydrogen) atoms. The minimum atomic E-state index is 0.555. The fourth-order valence-corrected chi connectivity index (χ4v) is 2.41. The van der Waals surface area contributed by atoms with Gasteiger partial charge in [-0.25, -0.2) is 0 Å². The monoisotopic (exact) mass is 241 g/mol. The van der Waals surface area contributed by atoms with Crippen molar-refractivity contribution < 1.29 is 0 Å². The maximum Gasteiger partial charge on any atom is 0.153 e. The van der Waals surface area contributed by atoms with Crippen LogP contribution in [0.2, 0.25) is 0 Å². The molecule has 0 aliphatic carbocycles. The Balaban J connectivity index is 1.91. The molecule has 0 spiro atoms. The third kappa shape index (κ3) is 2.06. The fraction of sp³-hybridized carbons (Fsp3) is 0.286. The van der Waals surface area contributed by atoms with Crippen LogP contribution in [0.1, 0.15) is 12.8 Å². The maximum absolute atomic E-state index is 5.84. The summed E-state index contributed by atoms with van der Waals surface area (Å²) < 4.78 is 0. The second-order valence-corrected chi connectivity index (χ2v) is 4.59. The van der Waals surface area contributed by atoms with Crippen molar-refractivity contribution in [2.75, 3.05) is 23.7 Å². The Morgan fingerprint density at radius 2 is 2.06 bits per heavy atom. The molecule has 0 atom stereocenters. The van der Waals surface area contributed by atoms with Crippen molar-refractivity contribution in [2.24, 2.45) is 0 Å². The van der Waals surface area contributed by atoms with E-state index in [4.69, 9.17) is 5.73 Å². The lowest BCUT2D eigenvalue weighted by Gasteiger charge is -2.29. The molecule has 4 heteroatoms. The van der Waals surface area contributed by atoms with Gasteiger partial charge in [0.2, 0.25) is 0 Å². The molecule has 2 heterocycles. The van der Waals surface area contributed by atoms with Crippen LogP contribution in [0.15, 0.2) is 30.5 Å². The van der Waals surface area contributed by atoms with Gasteiger partial charge in [-0.3, -0.25) is 5.10 Å². The Bertz CT molecular complexity index is 526. The molecule has 1 fully saturated rings. The summed E-state index contributed by atoms with van der Waals surface area (Å²) in [7, 11) is 0. The molecule has 3 N–H and O–H groups in total. The van der Waals surface area contributed by atoms with Gasteiger partial charge in [0.15, 0.2) is 5.82 Å². The number of piperidine rings is 1. The number of nitrogen functional groups attached to an aromatic ring is 1. The summed E-state index contributed by atoms with van der Waals surface area (Å²) in [5.41, 5.74) is 9.20. The van der Waals surface area contributed by atoms with E-state index in [1.807, 2.05) is 6.20 Å². The first kappa shape index (κ1) is 11.1. The molecule has 1 radical (unpaired) electrons. The van der Waals surface area contributed by atoms with Crippen LogP contribution >= 0.6 is 0 Å². The zero-order valence-electron chi connectivity index (χ0n) is 10.3. The molecule has 2 aromatic rings. The van der Waals surface area contributed by atoms with Crippen LogP contribution in [0.25, 0.3) is 11.1 Å². The van der Waals surface area contributed by atoms with E-state index in [-0.39, 0.29) is 0 Å². The summed E-state index contributed by atoms with van der Waals surface area (Å²) in [6.45, 7) is 2.20. The highest BCUT2D eigenvalue weighted by molar-refractivity contribution is 5.75. The lowest BCUT2D eigenvalue weighted by Crippen LogP contribution is -2.29. The fourth-order valence-electron chi connectivity index (χ4n) is 2.41. The number of H-pyrrole nitrogens is 1. The molecular weight excluding hydrogens is 224 g/mol. The molecule has 1 aromatic heterocycles. The lowest BCUT2D eigenvalue weighted by molar-refractivity contribution is 0.679.